The molecule has 138 valence electrons. The van der Waals surface area contributed by atoms with Crippen LogP contribution in [0.1, 0.15) is 58.8 Å². The van der Waals surface area contributed by atoms with Gasteiger partial charge in [-0.25, -0.2) is 0 Å². The Hall–Kier alpha value is -0.710. The van der Waals surface area contributed by atoms with Gasteiger partial charge in [-0.2, -0.15) is 0 Å². The van der Waals surface area contributed by atoms with Crippen LogP contribution in [-0.2, 0) is 14.3 Å². The van der Waals surface area contributed by atoms with Crippen molar-refractivity contribution in [3.05, 3.63) is 11.6 Å². The zero-order valence-corrected chi connectivity index (χ0v) is 15.4. The summed E-state index contributed by atoms with van der Waals surface area (Å²) in [6.45, 7) is 5.84. The second kappa shape index (κ2) is 5.17. The van der Waals surface area contributed by atoms with Gasteiger partial charge in [0.25, 0.3) is 0 Å². The smallest absolute Gasteiger partial charge is 0.191 e. The maximum atomic E-state index is 12.7. The summed E-state index contributed by atoms with van der Waals surface area (Å²) in [5.41, 5.74) is 1.26. The molecule has 0 radical (unpaired) electrons. The molecule has 4 aliphatic carbocycles. The highest BCUT2D eigenvalue weighted by Gasteiger charge is 2.66. The third-order valence-electron chi connectivity index (χ3n) is 8.56. The Morgan fingerprint density at radius 3 is 2.48 bits per heavy atom. The minimum absolute atomic E-state index is 0.122. The van der Waals surface area contributed by atoms with Crippen LogP contribution in [0.3, 0.4) is 0 Å². The number of aliphatic hydroxyl groups is 1. The third-order valence-corrected chi connectivity index (χ3v) is 8.56. The number of carbonyl (C=O) groups excluding carboxylic acids is 1. The Kier molecular flexibility index (Phi) is 3.41. The quantitative estimate of drug-likeness (QED) is 0.684. The van der Waals surface area contributed by atoms with Crippen LogP contribution in [-0.4, -0.2) is 36.0 Å². The van der Waals surface area contributed by atoms with Gasteiger partial charge in [0.2, 0.25) is 0 Å². The van der Waals surface area contributed by atoms with E-state index in [0.717, 1.165) is 38.5 Å². The number of rotatable bonds is 0. The number of Topliss-reactive ketones (excluding diaryl/α,β-unsaturated/α-hetero) is 1. The van der Waals surface area contributed by atoms with Gasteiger partial charge in [-0.3, -0.25) is 4.79 Å². The van der Waals surface area contributed by atoms with E-state index in [1.165, 1.54) is 5.57 Å². The van der Waals surface area contributed by atoms with Gasteiger partial charge >= 0.3 is 0 Å². The maximum Gasteiger partial charge on any atom is 0.191 e. The first-order valence-electron chi connectivity index (χ1n) is 10.1. The topological polar surface area (TPSA) is 55.8 Å². The summed E-state index contributed by atoms with van der Waals surface area (Å²) in [5, 5.41) is 10.2. The number of carbonyl (C=O) groups is 1. The van der Waals surface area contributed by atoms with E-state index in [9.17, 15) is 9.90 Å². The number of aliphatic hydroxyl groups excluding tert-OH is 1. The second-order valence-corrected chi connectivity index (χ2v) is 9.56. The third kappa shape index (κ3) is 2.02. The fraction of sp³-hybridized carbons (Fsp3) is 0.857. The number of ether oxygens (including phenoxy) is 2. The van der Waals surface area contributed by atoms with Gasteiger partial charge in [0.1, 0.15) is 5.78 Å². The highest BCUT2D eigenvalue weighted by Crippen LogP contribution is 2.67. The van der Waals surface area contributed by atoms with Crippen molar-refractivity contribution in [3.8, 4) is 0 Å². The largest absolute Gasteiger partial charge is 0.393 e. The average Bonchev–Trinajstić information content (AvgIpc) is 3.16. The summed E-state index contributed by atoms with van der Waals surface area (Å²) < 4.78 is 12.6. The lowest BCUT2D eigenvalue weighted by Gasteiger charge is -2.60. The number of hydrogen-bond acceptors (Lipinski definition) is 4. The first-order chi connectivity index (χ1) is 11.9. The molecule has 5 rings (SSSR count). The van der Waals surface area contributed by atoms with Crippen LogP contribution in [0.15, 0.2) is 11.6 Å². The SMILES string of the molecule is C[C@]12CC[C@H](O)CC1=CC1(OCCO1)[C@@H]1[C@@H]2CC[C@]2(C)C(=O)CC[C@@H]12. The van der Waals surface area contributed by atoms with Crippen molar-refractivity contribution in [1.29, 1.82) is 0 Å². The molecule has 4 nitrogen and oxygen atoms in total. The molecule has 0 bridgehead atoms. The Balaban J connectivity index is 1.65. The van der Waals surface area contributed by atoms with Crippen LogP contribution in [0.25, 0.3) is 0 Å². The summed E-state index contributed by atoms with van der Waals surface area (Å²) in [7, 11) is 0. The zero-order chi connectivity index (χ0) is 17.4. The van der Waals surface area contributed by atoms with E-state index in [-0.39, 0.29) is 22.9 Å². The second-order valence-electron chi connectivity index (χ2n) is 9.56. The molecule has 1 N–H and O–H groups in total. The van der Waals surface area contributed by atoms with Gasteiger partial charge in [0.15, 0.2) is 5.79 Å². The van der Waals surface area contributed by atoms with Crippen LogP contribution >= 0.6 is 0 Å². The number of ketones is 1. The van der Waals surface area contributed by atoms with Gasteiger partial charge < -0.3 is 14.6 Å². The van der Waals surface area contributed by atoms with Crippen LogP contribution < -0.4 is 0 Å². The molecule has 0 unspecified atom stereocenters. The van der Waals surface area contributed by atoms with Crippen LogP contribution in [0, 0.1) is 28.6 Å². The molecule has 4 heteroatoms. The molecule has 6 atom stereocenters. The molecule has 25 heavy (non-hydrogen) atoms. The molecule has 1 saturated heterocycles. The van der Waals surface area contributed by atoms with Crippen molar-refractivity contribution in [3.63, 3.8) is 0 Å². The van der Waals surface area contributed by atoms with E-state index in [1.807, 2.05) is 0 Å². The Bertz CT molecular complexity index is 634. The summed E-state index contributed by atoms with van der Waals surface area (Å²) in [6, 6.07) is 0. The van der Waals surface area contributed by atoms with Crippen molar-refractivity contribution in [2.45, 2.75) is 70.7 Å². The minimum Gasteiger partial charge on any atom is -0.393 e. The lowest BCUT2D eigenvalue weighted by molar-refractivity contribution is -0.228. The van der Waals surface area contributed by atoms with Gasteiger partial charge in [-0.05, 0) is 61.9 Å². The molecule has 1 spiro atoms. The predicted molar refractivity (Wildman–Crippen MR) is 92.7 cm³/mol. The van der Waals surface area contributed by atoms with E-state index in [2.05, 4.69) is 19.9 Å². The molecule has 5 aliphatic rings. The first kappa shape index (κ1) is 16.5. The lowest BCUT2D eigenvalue weighted by Crippen LogP contribution is -2.60. The minimum atomic E-state index is -0.659. The van der Waals surface area contributed by atoms with E-state index in [0.29, 0.717) is 37.3 Å². The van der Waals surface area contributed by atoms with E-state index < -0.39 is 5.79 Å². The molecule has 4 fully saturated rings. The van der Waals surface area contributed by atoms with E-state index in [1.54, 1.807) is 0 Å². The van der Waals surface area contributed by atoms with Gasteiger partial charge in [0, 0.05) is 17.8 Å². The summed E-state index contributed by atoms with van der Waals surface area (Å²) in [6.07, 6.45) is 8.42. The van der Waals surface area contributed by atoms with Gasteiger partial charge in [-0.15, -0.1) is 0 Å². The van der Waals surface area contributed by atoms with Crippen LogP contribution in [0.2, 0.25) is 0 Å². The summed E-state index contributed by atoms with van der Waals surface area (Å²) >= 11 is 0. The Morgan fingerprint density at radius 2 is 1.72 bits per heavy atom. The lowest BCUT2D eigenvalue weighted by atomic mass is 9.46. The van der Waals surface area contributed by atoms with Crippen molar-refractivity contribution in [2.75, 3.05) is 13.2 Å². The molecular weight excluding hydrogens is 316 g/mol. The Labute approximate surface area is 150 Å². The van der Waals surface area contributed by atoms with E-state index in [4.69, 9.17) is 9.47 Å². The number of hydrogen-bond donors (Lipinski definition) is 1. The average molecular weight is 346 g/mol. The zero-order valence-electron chi connectivity index (χ0n) is 15.4. The predicted octanol–water partition coefficient (Wildman–Crippen LogP) is 3.23. The molecule has 0 aromatic rings. The fourth-order valence-electron chi connectivity index (χ4n) is 7.11. The van der Waals surface area contributed by atoms with Crippen molar-refractivity contribution < 1.29 is 19.4 Å². The molecule has 0 aromatic carbocycles. The molecular formula is C21H30O4. The highest BCUT2D eigenvalue weighted by atomic mass is 16.7. The molecule has 3 saturated carbocycles. The highest BCUT2D eigenvalue weighted by molar-refractivity contribution is 5.87. The standard InChI is InChI=1S/C21H30O4/c1-19-7-5-14(22)11-13(19)12-21(24-9-10-25-21)18-15-3-4-17(23)20(15,2)8-6-16(18)19/h12,14-16,18,22H,3-11H2,1-2H3/t14-,15-,16-,18-,19-,20-/m0/s1. The van der Waals surface area contributed by atoms with Crippen molar-refractivity contribution in [2.24, 2.45) is 28.6 Å². The monoisotopic (exact) mass is 346 g/mol. The van der Waals surface area contributed by atoms with Crippen LogP contribution in [0.4, 0.5) is 0 Å². The van der Waals surface area contributed by atoms with Crippen LogP contribution in [0.5, 0.6) is 0 Å². The fourth-order valence-corrected chi connectivity index (χ4v) is 7.11. The van der Waals surface area contributed by atoms with Crippen molar-refractivity contribution >= 4 is 5.78 Å². The van der Waals surface area contributed by atoms with Gasteiger partial charge in [-0.1, -0.05) is 19.4 Å². The molecule has 1 heterocycles. The molecule has 0 aromatic heterocycles. The number of fused-ring (bicyclic) bond motifs is 6. The summed E-state index contributed by atoms with van der Waals surface area (Å²) in [4.78, 5) is 12.7. The molecule has 0 amide bonds. The maximum absolute atomic E-state index is 12.7. The first-order valence-corrected chi connectivity index (χ1v) is 10.1. The molecule has 1 aliphatic heterocycles. The van der Waals surface area contributed by atoms with Gasteiger partial charge in [0.05, 0.1) is 19.3 Å². The summed E-state index contributed by atoms with van der Waals surface area (Å²) in [5.74, 6) is 0.903. The normalized spacial score (nSPS) is 51.0. The van der Waals surface area contributed by atoms with Crippen molar-refractivity contribution in [1.82, 2.24) is 0 Å². The van der Waals surface area contributed by atoms with E-state index >= 15 is 0 Å². The Morgan fingerprint density at radius 1 is 1.04 bits per heavy atom.